The van der Waals surface area contributed by atoms with Gasteiger partial charge in [-0.25, -0.2) is 0 Å². The fourth-order valence-corrected chi connectivity index (χ4v) is 2.85. The van der Waals surface area contributed by atoms with E-state index in [4.69, 9.17) is 12.6 Å². The first-order valence-electron chi connectivity index (χ1n) is 7.49. The summed E-state index contributed by atoms with van der Waals surface area (Å²) in [4.78, 5) is 0. The molecule has 0 aromatic heterocycles. The van der Waals surface area contributed by atoms with Gasteiger partial charge in [0.1, 0.15) is 0 Å². The molecule has 0 N–H and O–H groups in total. The number of thiol groups is 2. The molecule has 0 saturated heterocycles. The Labute approximate surface area is 132 Å². The standard InChI is InChI=1S/C17H32S2/c1-7-9-13(4)17(19)15(6)11-12(3)10-14(5)16(18)8-2/h7,9,11,13-19H,8,10H2,1-6H3/b9-7-,12-11-/t13-,14-,15-,16-,17-/m0/s1. The first kappa shape index (κ1) is 19.2. The molecule has 5 atom stereocenters. The maximum atomic E-state index is 4.77. The third-order valence-corrected chi connectivity index (χ3v) is 5.65. The highest BCUT2D eigenvalue weighted by Crippen LogP contribution is 2.26. The van der Waals surface area contributed by atoms with Crippen molar-refractivity contribution < 1.29 is 0 Å². The molecule has 0 aliphatic heterocycles. The van der Waals surface area contributed by atoms with Crippen LogP contribution >= 0.6 is 25.3 Å². The monoisotopic (exact) mass is 300 g/mol. The van der Waals surface area contributed by atoms with Crippen molar-refractivity contribution in [1.29, 1.82) is 0 Å². The molecular formula is C17H32S2. The highest BCUT2D eigenvalue weighted by molar-refractivity contribution is 7.81. The van der Waals surface area contributed by atoms with Crippen LogP contribution in [0.4, 0.5) is 0 Å². The van der Waals surface area contributed by atoms with Gasteiger partial charge >= 0.3 is 0 Å². The second-order valence-corrected chi connectivity index (χ2v) is 7.16. The Hall–Kier alpha value is 0.180. The van der Waals surface area contributed by atoms with Crippen molar-refractivity contribution >= 4 is 25.3 Å². The average molecular weight is 301 g/mol. The zero-order valence-corrected chi connectivity index (χ0v) is 15.2. The normalized spacial score (nSPS) is 21.2. The van der Waals surface area contributed by atoms with E-state index in [0.29, 0.717) is 28.3 Å². The van der Waals surface area contributed by atoms with Crippen molar-refractivity contribution in [2.75, 3.05) is 0 Å². The number of hydrogen-bond donors (Lipinski definition) is 2. The predicted octanol–water partition coefficient (Wildman–Crippen LogP) is 5.81. The number of allylic oxidation sites excluding steroid dienone is 4. The molecule has 0 fully saturated rings. The highest BCUT2D eigenvalue weighted by atomic mass is 32.1. The Morgan fingerprint density at radius 1 is 1.11 bits per heavy atom. The summed E-state index contributed by atoms with van der Waals surface area (Å²) in [5.74, 6) is 1.66. The van der Waals surface area contributed by atoms with E-state index in [1.807, 2.05) is 0 Å². The molecule has 0 bridgehead atoms. The van der Waals surface area contributed by atoms with E-state index in [0.717, 1.165) is 12.8 Å². The van der Waals surface area contributed by atoms with Crippen molar-refractivity contribution in [3.05, 3.63) is 23.8 Å². The Balaban J connectivity index is 4.49. The van der Waals surface area contributed by atoms with Crippen LogP contribution in [0.1, 0.15) is 54.4 Å². The number of rotatable bonds is 8. The first-order chi connectivity index (χ1) is 8.83. The van der Waals surface area contributed by atoms with Crippen molar-refractivity contribution in [2.24, 2.45) is 17.8 Å². The third kappa shape index (κ3) is 7.51. The van der Waals surface area contributed by atoms with Gasteiger partial charge in [0.05, 0.1) is 0 Å². The summed E-state index contributed by atoms with van der Waals surface area (Å²) in [5.41, 5.74) is 1.47. The zero-order valence-electron chi connectivity index (χ0n) is 13.4. The molecule has 0 spiro atoms. The molecule has 112 valence electrons. The van der Waals surface area contributed by atoms with Gasteiger partial charge in [0.15, 0.2) is 0 Å². The van der Waals surface area contributed by atoms with Crippen LogP contribution in [0, 0.1) is 17.8 Å². The minimum atomic E-state index is 0.388. The lowest BCUT2D eigenvalue weighted by Crippen LogP contribution is -2.18. The van der Waals surface area contributed by atoms with Gasteiger partial charge in [-0.05, 0) is 44.4 Å². The first-order valence-corrected chi connectivity index (χ1v) is 8.52. The van der Waals surface area contributed by atoms with E-state index in [9.17, 15) is 0 Å². The Morgan fingerprint density at radius 3 is 2.16 bits per heavy atom. The lowest BCUT2D eigenvalue weighted by molar-refractivity contribution is 0.526. The Kier molecular flexibility index (Phi) is 10.1. The third-order valence-electron chi connectivity index (χ3n) is 3.84. The molecule has 0 aliphatic rings. The maximum Gasteiger partial charge on any atom is 0.0137 e. The molecule has 19 heavy (non-hydrogen) atoms. The van der Waals surface area contributed by atoms with Crippen LogP contribution in [0.3, 0.4) is 0 Å². The van der Waals surface area contributed by atoms with Gasteiger partial charge in [-0.2, -0.15) is 25.3 Å². The minimum Gasteiger partial charge on any atom is -0.176 e. The van der Waals surface area contributed by atoms with Crippen molar-refractivity contribution in [3.8, 4) is 0 Å². The molecule has 0 rings (SSSR count). The predicted molar refractivity (Wildman–Crippen MR) is 96.5 cm³/mol. The fourth-order valence-electron chi connectivity index (χ4n) is 2.56. The second kappa shape index (κ2) is 9.99. The number of hydrogen-bond acceptors (Lipinski definition) is 2. The summed E-state index contributed by atoms with van der Waals surface area (Å²) in [6, 6.07) is 0. The van der Waals surface area contributed by atoms with Crippen molar-refractivity contribution in [2.45, 2.75) is 64.9 Å². The van der Waals surface area contributed by atoms with Gasteiger partial charge in [-0.1, -0.05) is 51.5 Å². The summed E-state index contributed by atoms with van der Waals surface area (Å²) in [7, 11) is 0. The highest BCUT2D eigenvalue weighted by Gasteiger charge is 2.17. The lowest BCUT2D eigenvalue weighted by atomic mass is 9.91. The Bertz CT molecular complexity index is 294. The summed E-state index contributed by atoms with van der Waals surface area (Å²) in [6.07, 6.45) is 9.03. The summed E-state index contributed by atoms with van der Waals surface area (Å²) in [5, 5.41) is 0.895. The van der Waals surface area contributed by atoms with Crippen LogP contribution in [-0.2, 0) is 0 Å². The summed E-state index contributed by atoms with van der Waals surface area (Å²) in [6.45, 7) is 13.3. The molecule has 0 unspecified atom stereocenters. The van der Waals surface area contributed by atoms with Crippen LogP contribution in [0.5, 0.6) is 0 Å². The quantitative estimate of drug-likeness (QED) is 0.410. The molecule has 0 nitrogen and oxygen atoms in total. The van der Waals surface area contributed by atoms with Gasteiger partial charge in [-0.3, -0.25) is 0 Å². The maximum absolute atomic E-state index is 4.77. The molecule has 0 amide bonds. The topological polar surface area (TPSA) is 0 Å². The lowest BCUT2D eigenvalue weighted by Gasteiger charge is -2.23. The molecule has 0 radical (unpaired) electrons. The molecule has 0 saturated carbocycles. The van der Waals surface area contributed by atoms with Gasteiger partial charge in [0.25, 0.3) is 0 Å². The molecule has 0 aromatic carbocycles. The molecule has 0 aliphatic carbocycles. The zero-order chi connectivity index (χ0) is 15.0. The van der Waals surface area contributed by atoms with Crippen LogP contribution in [-0.4, -0.2) is 10.5 Å². The van der Waals surface area contributed by atoms with E-state index in [1.54, 1.807) is 0 Å². The van der Waals surface area contributed by atoms with Gasteiger partial charge in [0, 0.05) is 10.5 Å². The van der Waals surface area contributed by atoms with Gasteiger partial charge in [-0.15, -0.1) is 0 Å². The fraction of sp³-hybridized carbons (Fsp3) is 0.765. The van der Waals surface area contributed by atoms with Crippen LogP contribution in [0.2, 0.25) is 0 Å². The molecule has 2 heteroatoms. The van der Waals surface area contributed by atoms with E-state index in [1.165, 1.54) is 5.57 Å². The van der Waals surface area contributed by atoms with E-state index < -0.39 is 0 Å². The van der Waals surface area contributed by atoms with Crippen LogP contribution < -0.4 is 0 Å². The minimum absolute atomic E-state index is 0.388. The van der Waals surface area contributed by atoms with Crippen LogP contribution in [0.15, 0.2) is 23.8 Å². The Morgan fingerprint density at radius 2 is 1.68 bits per heavy atom. The molecule has 0 heterocycles. The van der Waals surface area contributed by atoms with Gasteiger partial charge in [0.2, 0.25) is 0 Å². The smallest absolute Gasteiger partial charge is 0.0137 e. The van der Waals surface area contributed by atoms with E-state index in [-0.39, 0.29) is 0 Å². The van der Waals surface area contributed by atoms with Crippen LogP contribution in [0.25, 0.3) is 0 Å². The van der Waals surface area contributed by atoms with Gasteiger partial charge < -0.3 is 0 Å². The van der Waals surface area contributed by atoms with E-state index in [2.05, 4.69) is 72.4 Å². The molecule has 0 aromatic rings. The van der Waals surface area contributed by atoms with Crippen molar-refractivity contribution in [3.63, 3.8) is 0 Å². The molecular weight excluding hydrogens is 268 g/mol. The second-order valence-electron chi connectivity index (χ2n) is 5.90. The largest absolute Gasteiger partial charge is 0.176 e. The van der Waals surface area contributed by atoms with Crippen molar-refractivity contribution in [1.82, 2.24) is 0 Å². The average Bonchev–Trinajstić information content (AvgIpc) is 2.36. The summed E-state index contributed by atoms with van der Waals surface area (Å²) < 4.78 is 0. The van der Waals surface area contributed by atoms with E-state index >= 15 is 0 Å². The summed E-state index contributed by atoms with van der Waals surface area (Å²) >= 11 is 9.41. The SMILES string of the molecule is C/C=C\[C@H](C)[C@H](S)[C@@H](C)/C=C(/C)C[C@H](C)[C@@H](S)CC.